The molecular formula is C18H25NO. The van der Waals surface area contributed by atoms with E-state index in [1.807, 2.05) is 0 Å². The second-order valence-corrected chi connectivity index (χ2v) is 5.30. The van der Waals surface area contributed by atoms with Crippen LogP contribution in [0.15, 0.2) is 42.5 Å². The van der Waals surface area contributed by atoms with Crippen LogP contribution in [-0.2, 0) is 6.54 Å². The molecule has 2 aromatic rings. The van der Waals surface area contributed by atoms with Gasteiger partial charge in [-0.15, -0.1) is 0 Å². The van der Waals surface area contributed by atoms with E-state index in [-0.39, 0.29) is 6.61 Å². The SMILES string of the molecule is CCC(CC)N(CCO)Cc1cccc2ccccc12. The summed E-state index contributed by atoms with van der Waals surface area (Å²) in [6, 6.07) is 15.6. The smallest absolute Gasteiger partial charge is 0.0558 e. The molecule has 108 valence electrons. The Kier molecular flexibility index (Phi) is 5.57. The van der Waals surface area contributed by atoms with E-state index in [1.54, 1.807) is 0 Å². The highest BCUT2D eigenvalue weighted by Gasteiger charge is 2.15. The molecule has 0 heterocycles. The van der Waals surface area contributed by atoms with Gasteiger partial charge in [0.1, 0.15) is 0 Å². The van der Waals surface area contributed by atoms with Crippen molar-refractivity contribution in [2.45, 2.75) is 39.3 Å². The Labute approximate surface area is 122 Å². The molecule has 0 bridgehead atoms. The Morgan fingerprint density at radius 3 is 2.40 bits per heavy atom. The number of aliphatic hydroxyl groups excluding tert-OH is 1. The van der Waals surface area contributed by atoms with E-state index in [9.17, 15) is 5.11 Å². The summed E-state index contributed by atoms with van der Waals surface area (Å²) in [7, 11) is 0. The minimum absolute atomic E-state index is 0.223. The first-order valence-electron chi connectivity index (χ1n) is 7.61. The quantitative estimate of drug-likeness (QED) is 0.827. The predicted molar refractivity (Wildman–Crippen MR) is 85.8 cm³/mol. The minimum atomic E-state index is 0.223. The average Bonchev–Trinajstić information content (AvgIpc) is 2.49. The fourth-order valence-electron chi connectivity index (χ4n) is 2.97. The maximum atomic E-state index is 9.33. The Hall–Kier alpha value is -1.38. The van der Waals surface area contributed by atoms with Gasteiger partial charge >= 0.3 is 0 Å². The van der Waals surface area contributed by atoms with Crippen molar-refractivity contribution in [1.82, 2.24) is 4.90 Å². The molecule has 0 fully saturated rings. The average molecular weight is 271 g/mol. The van der Waals surface area contributed by atoms with E-state index in [0.29, 0.717) is 6.04 Å². The predicted octanol–water partition coefficient (Wildman–Crippen LogP) is 3.82. The van der Waals surface area contributed by atoms with Crippen molar-refractivity contribution in [3.05, 3.63) is 48.0 Å². The van der Waals surface area contributed by atoms with Crippen molar-refractivity contribution in [2.75, 3.05) is 13.2 Å². The van der Waals surface area contributed by atoms with Crippen LogP contribution in [0.2, 0.25) is 0 Å². The Morgan fingerprint density at radius 2 is 1.70 bits per heavy atom. The van der Waals surface area contributed by atoms with Crippen LogP contribution >= 0.6 is 0 Å². The molecule has 0 saturated carbocycles. The molecule has 0 radical (unpaired) electrons. The zero-order chi connectivity index (χ0) is 14.4. The van der Waals surface area contributed by atoms with Crippen molar-refractivity contribution in [3.8, 4) is 0 Å². The molecule has 0 aliphatic carbocycles. The van der Waals surface area contributed by atoms with Crippen LogP contribution in [0.25, 0.3) is 10.8 Å². The van der Waals surface area contributed by atoms with E-state index in [0.717, 1.165) is 25.9 Å². The third kappa shape index (κ3) is 3.38. The summed E-state index contributed by atoms with van der Waals surface area (Å²) < 4.78 is 0. The second-order valence-electron chi connectivity index (χ2n) is 5.30. The van der Waals surface area contributed by atoms with Crippen LogP contribution in [0.1, 0.15) is 32.3 Å². The lowest BCUT2D eigenvalue weighted by atomic mass is 10.0. The van der Waals surface area contributed by atoms with Crippen molar-refractivity contribution in [1.29, 1.82) is 0 Å². The van der Waals surface area contributed by atoms with Crippen LogP contribution in [0.3, 0.4) is 0 Å². The lowest BCUT2D eigenvalue weighted by Crippen LogP contribution is -2.36. The van der Waals surface area contributed by atoms with Gasteiger partial charge in [0, 0.05) is 19.1 Å². The molecule has 0 saturated heterocycles. The Morgan fingerprint density at radius 1 is 1.00 bits per heavy atom. The van der Waals surface area contributed by atoms with Gasteiger partial charge in [0.15, 0.2) is 0 Å². The number of rotatable bonds is 7. The van der Waals surface area contributed by atoms with Crippen LogP contribution in [0.5, 0.6) is 0 Å². The van der Waals surface area contributed by atoms with Gasteiger partial charge in [-0.1, -0.05) is 56.3 Å². The molecular weight excluding hydrogens is 246 g/mol. The van der Waals surface area contributed by atoms with Crippen LogP contribution in [-0.4, -0.2) is 29.2 Å². The van der Waals surface area contributed by atoms with Crippen LogP contribution < -0.4 is 0 Å². The van der Waals surface area contributed by atoms with Gasteiger partial charge in [0.2, 0.25) is 0 Å². The summed E-state index contributed by atoms with van der Waals surface area (Å²) in [6.07, 6.45) is 2.25. The van der Waals surface area contributed by atoms with Gasteiger partial charge in [0.05, 0.1) is 6.61 Å². The highest BCUT2D eigenvalue weighted by molar-refractivity contribution is 5.85. The summed E-state index contributed by atoms with van der Waals surface area (Å²) in [6.45, 7) is 6.33. The number of hydrogen-bond acceptors (Lipinski definition) is 2. The number of aliphatic hydroxyl groups is 1. The molecule has 0 amide bonds. The highest BCUT2D eigenvalue weighted by Crippen LogP contribution is 2.21. The molecule has 0 aromatic heterocycles. The van der Waals surface area contributed by atoms with Crippen molar-refractivity contribution >= 4 is 10.8 Å². The standard InChI is InChI=1S/C18H25NO/c1-3-17(4-2)19(12-13-20)14-16-10-7-9-15-8-5-6-11-18(15)16/h5-11,17,20H,3-4,12-14H2,1-2H3. The van der Waals surface area contributed by atoms with Crippen LogP contribution in [0.4, 0.5) is 0 Å². The summed E-state index contributed by atoms with van der Waals surface area (Å²) in [4.78, 5) is 2.40. The third-order valence-corrected chi connectivity index (χ3v) is 4.10. The fourth-order valence-corrected chi connectivity index (χ4v) is 2.97. The molecule has 20 heavy (non-hydrogen) atoms. The molecule has 0 unspecified atom stereocenters. The molecule has 2 aromatic carbocycles. The van der Waals surface area contributed by atoms with Crippen molar-refractivity contribution in [2.24, 2.45) is 0 Å². The first-order valence-corrected chi connectivity index (χ1v) is 7.61. The normalized spacial score (nSPS) is 11.7. The molecule has 2 heteroatoms. The van der Waals surface area contributed by atoms with Gasteiger partial charge in [-0.2, -0.15) is 0 Å². The van der Waals surface area contributed by atoms with Crippen molar-refractivity contribution < 1.29 is 5.11 Å². The first kappa shape index (κ1) is 15.0. The maximum absolute atomic E-state index is 9.33. The molecule has 1 N–H and O–H groups in total. The molecule has 2 rings (SSSR count). The zero-order valence-electron chi connectivity index (χ0n) is 12.5. The largest absolute Gasteiger partial charge is 0.395 e. The van der Waals surface area contributed by atoms with E-state index in [4.69, 9.17) is 0 Å². The van der Waals surface area contributed by atoms with Gasteiger partial charge in [-0.25, -0.2) is 0 Å². The number of fused-ring (bicyclic) bond motifs is 1. The first-order chi connectivity index (χ1) is 9.80. The van der Waals surface area contributed by atoms with Gasteiger partial charge < -0.3 is 5.11 Å². The van der Waals surface area contributed by atoms with Crippen LogP contribution in [0, 0.1) is 0 Å². The van der Waals surface area contributed by atoms with E-state index in [2.05, 4.69) is 61.2 Å². The summed E-state index contributed by atoms with van der Waals surface area (Å²) in [5.74, 6) is 0. The van der Waals surface area contributed by atoms with Gasteiger partial charge in [-0.05, 0) is 29.2 Å². The zero-order valence-corrected chi connectivity index (χ0v) is 12.5. The third-order valence-electron chi connectivity index (χ3n) is 4.10. The lowest BCUT2D eigenvalue weighted by molar-refractivity contribution is 0.137. The number of hydrogen-bond donors (Lipinski definition) is 1. The lowest BCUT2D eigenvalue weighted by Gasteiger charge is -2.30. The van der Waals surface area contributed by atoms with Gasteiger partial charge in [-0.3, -0.25) is 4.90 Å². The molecule has 0 atom stereocenters. The molecule has 0 aliphatic heterocycles. The Bertz CT molecular complexity index is 528. The molecule has 0 aliphatic rings. The second kappa shape index (κ2) is 7.41. The molecule has 2 nitrogen and oxygen atoms in total. The highest BCUT2D eigenvalue weighted by atomic mass is 16.3. The maximum Gasteiger partial charge on any atom is 0.0558 e. The summed E-state index contributed by atoms with van der Waals surface area (Å²) in [5, 5.41) is 11.9. The van der Waals surface area contributed by atoms with Crippen molar-refractivity contribution in [3.63, 3.8) is 0 Å². The monoisotopic (exact) mass is 271 g/mol. The minimum Gasteiger partial charge on any atom is -0.395 e. The fraction of sp³-hybridized carbons (Fsp3) is 0.444. The summed E-state index contributed by atoms with van der Waals surface area (Å²) >= 11 is 0. The molecule has 0 spiro atoms. The number of nitrogens with zero attached hydrogens (tertiary/aromatic N) is 1. The topological polar surface area (TPSA) is 23.5 Å². The summed E-state index contributed by atoms with van der Waals surface area (Å²) in [5.41, 5.74) is 1.35. The number of benzene rings is 2. The van der Waals surface area contributed by atoms with E-state index in [1.165, 1.54) is 16.3 Å². The van der Waals surface area contributed by atoms with E-state index >= 15 is 0 Å². The Balaban J connectivity index is 2.28. The van der Waals surface area contributed by atoms with Gasteiger partial charge in [0.25, 0.3) is 0 Å². The van der Waals surface area contributed by atoms with E-state index < -0.39 is 0 Å².